The third-order valence-electron chi connectivity index (χ3n) is 3.65. The molecule has 0 aromatic carbocycles. The van der Waals surface area contributed by atoms with Crippen molar-refractivity contribution in [2.75, 3.05) is 26.7 Å². The van der Waals surface area contributed by atoms with Crippen molar-refractivity contribution in [1.82, 2.24) is 15.2 Å². The van der Waals surface area contributed by atoms with Gasteiger partial charge in [-0.3, -0.25) is 4.98 Å². The number of nitrogens with one attached hydrogen (secondary N) is 1. The van der Waals surface area contributed by atoms with Crippen molar-refractivity contribution in [2.45, 2.75) is 52.0 Å². The molecule has 0 fully saturated rings. The van der Waals surface area contributed by atoms with Gasteiger partial charge >= 0.3 is 0 Å². The van der Waals surface area contributed by atoms with Crippen molar-refractivity contribution in [1.29, 1.82) is 0 Å². The van der Waals surface area contributed by atoms with Gasteiger partial charge in [0.1, 0.15) is 0 Å². The summed E-state index contributed by atoms with van der Waals surface area (Å²) in [7, 11) is 2.21. The van der Waals surface area contributed by atoms with Crippen molar-refractivity contribution in [2.24, 2.45) is 0 Å². The lowest BCUT2D eigenvalue weighted by molar-refractivity contribution is 0.323. The number of hydrogen-bond acceptors (Lipinski definition) is 3. The lowest BCUT2D eigenvalue weighted by Gasteiger charge is -2.17. The number of hydrogen-bond donors (Lipinski definition) is 1. The Morgan fingerprint density at radius 2 is 2.10 bits per heavy atom. The number of pyridine rings is 1. The van der Waals surface area contributed by atoms with E-state index in [1.165, 1.54) is 37.9 Å². The number of rotatable bonds is 11. The van der Waals surface area contributed by atoms with Crippen molar-refractivity contribution in [3.05, 3.63) is 30.1 Å². The van der Waals surface area contributed by atoms with E-state index in [1.54, 1.807) is 0 Å². The van der Waals surface area contributed by atoms with E-state index in [-0.39, 0.29) is 0 Å². The van der Waals surface area contributed by atoms with Gasteiger partial charge in [-0.2, -0.15) is 0 Å². The van der Waals surface area contributed by atoms with Crippen molar-refractivity contribution >= 4 is 0 Å². The van der Waals surface area contributed by atoms with Gasteiger partial charge in [-0.05, 0) is 58.5 Å². The highest BCUT2D eigenvalue weighted by Gasteiger charge is 2.02. The Morgan fingerprint density at radius 3 is 2.80 bits per heavy atom. The SMILES string of the molecule is CCCNC(C)CCCCN(C)CCc1ccccn1. The molecule has 1 heterocycles. The highest BCUT2D eigenvalue weighted by Crippen LogP contribution is 2.03. The molecule has 0 aliphatic rings. The normalized spacial score (nSPS) is 12.8. The molecule has 0 amide bonds. The monoisotopic (exact) mass is 277 g/mol. The molecule has 3 nitrogen and oxygen atoms in total. The Hall–Kier alpha value is -0.930. The first-order valence-electron chi connectivity index (χ1n) is 8.04. The summed E-state index contributed by atoms with van der Waals surface area (Å²) in [4.78, 5) is 6.78. The predicted molar refractivity (Wildman–Crippen MR) is 87.0 cm³/mol. The molecule has 1 atom stereocenters. The van der Waals surface area contributed by atoms with Crippen LogP contribution in [-0.2, 0) is 6.42 Å². The topological polar surface area (TPSA) is 28.2 Å². The number of likely N-dealkylation sites (N-methyl/N-ethyl adjacent to an activating group) is 1. The van der Waals surface area contributed by atoms with Crippen LogP contribution >= 0.6 is 0 Å². The number of nitrogens with zero attached hydrogens (tertiary/aromatic N) is 2. The maximum absolute atomic E-state index is 4.36. The minimum atomic E-state index is 0.661. The second kappa shape index (κ2) is 10.8. The van der Waals surface area contributed by atoms with Crippen LogP contribution in [0.25, 0.3) is 0 Å². The third kappa shape index (κ3) is 8.28. The molecule has 0 aliphatic carbocycles. The first-order chi connectivity index (χ1) is 9.72. The third-order valence-corrected chi connectivity index (χ3v) is 3.65. The van der Waals surface area contributed by atoms with E-state index in [9.17, 15) is 0 Å². The zero-order valence-electron chi connectivity index (χ0n) is 13.4. The van der Waals surface area contributed by atoms with Crippen LogP contribution in [0.4, 0.5) is 0 Å². The van der Waals surface area contributed by atoms with Gasteiger partial charge in [0.05, 0.1) is 0 Å². The molecule has 0 saturated heterocycles. The van der Waals surface area contributed by atoms with Crippen molar-refractivity contribution in [3.63, 3.8) is 0 Å². The molecule has 0 bridgehead atoms. The Morgan fingerprint density at radius 1 is 1.25 bits per heavy atom. The summed E-state index contributed by atoms with van der Waals surface area (Å²) < 4.78 is 0. The molecular weight excluding hydrogens is 246 g/mol. The Balaban J connectivity index is 2.01. The van der Waals surface area contributed by atoms with Gasteiger partial charge in [-0.1, -0.05) is 19.4 Å². The first-order valence-corrected chi connectivity index (χ1v) is 8.04. The highest BCUT2D eigenvalue weighted by atomic mass is 15.1. The summed E-state index contributed by atoms with van der Waals surface area (Å²) in [5, 5.41) is 3.55. The summed E-state index contributed by atoms with van der Waals surface area (Å²) in [5.41, 5.74) is 1.19. The summed E-state index contributed by atoms with van der Waals surface area (Å²) in [5.74, 6) is 0. The molecule has 0 radical (unpaired) electrons. The zero-order valence-corrected chi connectivity index (χ0v) is 13.4. The molecule has 3 heteroatoms. The average molecular weight is 277 g/mol. The fourth-order valence-electron chi connectivity index (χ4n) is 2.29. The molecule has 0 aliphatic heterocycles. The molecular formula is C17H31N3. The molecule has 1 unspecified atom stereocenters. The van der Waals surface area contributed by atoms with E-state index in [0.717, 1.165) is 19.5 Å². The molecule has 114 valence electrons. The Kier molecular flexibility index (Phi) is 9.25. The second-order valence-electron chi connectivity index (χ2n) is 5.73. The molecule has 1 N–H and O–H groups in total. The fraction of sp³-hybridized carbons (Fsp3) is 0.706. The van der Waals surface area contributed by atoms with Crippen molar-refractivity contribution < 1.29 is 0 Å². The second-order valence-corrected chi connectivity index (χ2v) is 5.73. The van der Waals surface area contributed by atoms with E-state index in [2.05, 4.69) is 48.2 Å². The van der Waals surface area contributed by atoms with E-state index in [0.29, 0.717) is 6.04 Å². The van der Waals surface area contributed by atoms with Gasteiger partial charge in [-0.25, -0.2) is 0 Å². The first kappa shape index (κ1) is 17.1. The molecule has 1 aromatic heterocycles. The van der Waals surface area contributed by atoms with Gasteiger partial charge in [0.25, 0.3) is 0 Å². The molecule has 1 aromatic rings. The van der Waals surface area contributed by atoms with Crippen LogP contribution in [0.5, 0.6) is 0 Å². The zero-order chi connectivity index (χ0) is 14.6. The molecule has 0 saturated carbocycles. The van der Waals surface area contributed by atoms with Gasteiger partial charge in [0, 0.05) is 30.9 Å². The largest absolute Gasteiger partial charge is 0.314 e. The summed E-state index contributed by atoms with van der Waals surface area (Å²) in [6.07, 6.45) is 8.03. The number of unbranched alkanes of at least 4 members (excludes halogenated alkanes) is 1. The van der Waals surface area contributed by atoms with E-state index in [1.807, 2.05) is 12.3 Å². The van der Waals surface area contributed by atoms with Crippen LogP contribution in [0, 0.1) is 0 Å². The van der Waals surface area contributed by atoms with Gasteiger partial charge < -0.3 is 10.2 Å². The van der Waals surface area contributed by atoms with Crippen LogP contribution in [-0.4, -0.2) is 42.6 Å². The maximum atomic E-state index is 4.36. The quantitative estimate of drug-likeness (QED) is 0.630. The number of aromatic nitrogens is 1. The smallest absolute Gasteiger partial charge is 0.0416 e. The Labute approximate surface area is 124 Å². The summed E-state index contributed by atoms with van der Waals surface area (Å²) in [6.45, 7) is 7.94. The maximum Gasteiger partial charge on any atom is 0.0416 e. The molecule has 20 heavy (non-hydrogen) atoms. The van der Waals surface area contributed by atoms with Crippen LogP contribution in [0.2, 0.25) is 0 Å². The predicted octanol–water partition coefficient (Wildman–Crippen LogP) is 3.11. The minimum Gasteiger partial charge on any atom is -0.314 e. The van der Waals surface area contributed by atoms with Gasteiger partial charge in [-0.15, -0.1) is 0 Å². The lowest BCUT2D eigenvalue weighted by Crippen LogP contribution is -2.27. The molecule has 1 rings (SSSR count). The van der Waals surface area contributed by atoms with Crippen LogP contribution in [0.3, 0.4) is 0 Å². The van der Waals surface area contributed by atoms with E-state index < -0.39 is 0 Å². The van der Waals surface area contributed by atoms with E-state index >= 15 is 0 Å². The highest BCUT2D eigenvalue weighted by molar-refractivity contribution is 5.03. The van der Waals surface area contributed by atoms with Gasteiger partial charge in [0.2, 0.25) is 0 Å². The fourth-order valence-corrected chi connectivity index (χ4v) is 2.29. The Bertz CT molecular complexity index is 326. The van der Waals surface area contributed by atoms with Gasteiger partial charge in [0.15, 0.2) is 0 Å². The lowest BCUT2D eigenvalue weighted by atomic mass is 10.1. The van der Waals surface area contributed by atoms with Crippen LogP contribution in [0.15, 0.2) is 24.4 Å². The average Bonchev–Trinajstić information content (AvgIpc) is 2.48. The minimum absolute atomic E-state index is 0.661. The molecule has 0 spiro atoms. The van der Waals surface area contributed by atoms with Crippen molar-refractivity contribution in [3.8, 4) is 0 Å². The summed E-state index contributed by atoms with van der Waals surface area (Å²) in [6, 6.07) is 6.80. The standard InChI is InChI=1S/C17H31N3/c1-4-12-18-16(2)9-6-8-14-20(3)15-11-17-10-5-7-13-19-17/h5,7,10,13,16,18H,4,6,8-9,11-12,14-15H2,1-3H3. The summed E-state index contributed by atoms with van der Waals surface area (Å²) >= 11 is 0. The van der Waals surface area contributed by atoms with Crippen LogP contribution < -0.4 is 5.32 Å². The van der Waals surface area contributed by atoms with Crippen LogP contribution in [0.1, 0.15) is 45.2 Å². The van der Waals surface area contributed by atoms with E-state index in [4.69, 9.17) is 0 Å².